The molecule has 0 bridgehead atoms. The average molecular weight is 384 g/mol. The average Bonchev–Trinajstić information content (AvgIpc) is 2.66. The van der Waals surface area contributed by atoms with Crippen molar-refractivity contribution in [3.05, 3.63) is 53.5 Å². The fourth-order valence-electron chi connectivity index (χ4n) is 3.73. The van der Waals surface area contributed by atoms with Crippen LogP contribution >= 0.6 is 0 Å². The Kier molecular flexibility index (Phi) is 5.63. The first-order chi connectivity index (χ1) is 13.3. The Bertz CT molecular complexity index is 884. The second-order valence-corrected chi connectivity index (χ2v) is 7.11. The van der Waals surface area contributed by atoms with Crippen LogP contribution in [0.2, 0.25) is 0 Å². The van der Waals surface area contributed by atoms with E-state index in [4.69, 9.17) is 0 Å². The highest BCUT2D eigenvalue weighted by Crippen LogP contribution is 2.42. The number of amides is 2. The van der Waals surface area contributed by atoms with Crippen LogP contribution in [0.25, 0.3) is 0 Å². The first-order valence-corrected chi connectivity index (χ1v) is 9.43. The molecule has 0 radical (unpaired) electrons. The van der Waals surface area contributed by atoms with Crippen molar-refractivity contribution in [2.45, 2.75) is 39.8 Å². The maximum atomic E-state index is 13.2. The minimum atomic E-state index is -0.405. The zero-order valence-electron chi connectivity index (χ0n) is 16.5. The Morgan fingerprint density at radius 1 is 1.21 bits per heavy atom. The van der Waals surface area contributed by atoms with Crippen molar-refractivity contribution < 1.29 is 14.0 Å². The summed E-state index contributed by atoms with van der Waals surface area (Å²) in [4.78, 5) is 30.5. The van der Waals surface area contributed by atoms with Gasteiger partial charge >= 0.3 is 0 Å². The van der Waals surface area contributed by atoms with Gasteiger partial charge in [-0.25, -0.2) is 9.37 Å². The number of hydrogen-bond acceptors (Lipinski definition) is 4. The first kappa shape index (κ1) is 19.8. The first-order valence-electron chi connectivity index (χ1n) is 9.43. The molecule has 3 atom stereocenters. The Balaban J connectivity index is 2.07. The second kappa shape index (κ2) is 7.96. The fraction of sp³-hybridized carbons (Fsp3) is 0.381. The number of hydrogen-bond donors (Lipinski definition) is 2. The van der Waals surface area contributed by atoms with Gasteiger partial charge in [-0.15, -0.1) is 0 Å². The van der Waals surface area contributed by atoms with Gasteiger partial charge in [0.2, 0.25) is 5.91 Å². The van der Waals surface area contributed by atoms with E-state index in [0.29, 0.717) is 17.9 Å². The molecule has 0 fully saturated rings. The number of nitrogens with zero attached hydrogens (tertiary/aromatic N) is 2. The fourth-order valence-corrected chi connectivity index (χ4v) is 3.73. The highest BCUT2D eigenvalue weighted by atomic mass is 19.1. The molecule has 3 rings (SSSR count). The second-order valence-electron chi connectivity index (χ2n) is 7.11. The summed E-state index contributed by atoms with van der Waals surface area (Å²) < 4.78 is 13.2. The normalized spacial score (nSPS) is 21.0. The van der Waals surface area contributed by atoms with Crippen molar-refractivity contribution >= 4 is 23.3 Å². The lowest BCUT2D eigenvalue weighted by Gasteiger charge is -2.44. The number of benzene rings is 1. The molecule has 148 valence electrons. The van der Waals surface area contributed by atoms with Crippen LogP contribution in [0.1, 0.15) is 49.7 Å². The molecular weight excluding hydrogens is 359 g/mol. The highest BCUT2D eigenvalue weighted by molar-refractivity contribution is 5.97. The summed E-state index contributed by atoms with van der Waals surface area (Å²) >= 11 is 0. The summed E-state index contributed by atoms with van der Waals surface area (Å²) in [6.07, 6.45) is 1.16. The van der Waals surface area contributed by atoms with Crippen molar-refractivity contribution in [2.24, 2.45) is 5.92 Å². The largest absolute Gasteiger partial charge is 0.363 e. The number of carbonyl (C=O) groups is 2. The molecule has 1 aliphatic rings. The van der Waals surface area contributed by atoms with Crippen LogP contribution in [0.5, 0.6) is 0 Å². The van der Waals surface area contributed by atoms with Crippen molar-refractivity contribution in [3.8, 4) is 0 Å². The molecule has 1 aromatic heterocycles. The van der Waals surface area contributed by atoms with Crippen molar-refractivity contribution in [3.63, 3.8) is 0 Å². The Morgan fingerprint density at radius 2 is 1.96 bits per heavy atom. The summed E-state index contributed by atoms with van der Waals surface area (Å²) in [6.45, 7) is 7.98. The van der Waals surface area contributed by atoms with Crippen LogP contribution in [0.15, 0.2) is 36.5 Å². The van der Waals surface area contributed by atoms with Crippen LogP contribution in [0.4, 0.5) is 15.9 Å². The number of carbonyl (C=O) groups excluding carboxylic acids is 2. The third-order valence-corrected chi connectivity index (χ3v) is 5.29. The number of nitrogens with one attached hydrogen (secondary N) is 2. The molecule has 0 spiro atoms. The number of rotatable bonds is 4. The quantitative estimate of drug-likeness (QED) is 0.846. The number of fused-ring (bicyclic) bond motifs is 1. The SMILES string of the molecule is CCNC(=O)c1ccc2c(c1)[C@H](Nc1ccc(F)cn1)[C@@H](C)[C@H](C)N2C(C)=O. The van der Waals surface area contributed by atoms with E-state index >= 15 is 0 Å². The van der Waals surface area contributed by atoms with Crippen LogP contribution in [-0.4, -0.2) is 29.4 Å². The number of aromatic nitrogens is 1. The van der Waals surface area contributed by atoms with E-state index in [1.54, 1.807) is 24.0 Å². The standard InChI is InChI=1S/C21H25FN4O2/c1-5-23-21(28)15-6-8-18-17(10-15)20(12(2)13(3)26(18)14(4)27)25-19-9-7-16(22)11-24-19/h6-13,20H,5H2,1-4H3,(H,23,28)(H,24,25)/t12-,13-,20+/m0/s1. The highest BCUT2D eigenvalue weighted by Gasteiger charge is 2.38. The van der Waals surface area contributed by atoms with Crippen LogP contribution in [0, 0.1) is 11.7 Å². The van der Waals surface area contributed by atoms with E-state index in [1.807, 2.05) is 32.9 Å². The van der Waals surface area contributed by atoms with E-state index in [2.05, 4.69) is 15.6 Å². The molecule has 2 N–H and O–H groups in total. The Morgan fingerprint density at radius 3 is 2.57 bits per heavy atom. The molecule has 2 heterocycles. The summed E-state index contributed by atoms with van der Waals surface area (Å²) in [6, 6.07) is 8.05. The lowest BCUT2D eigenvalue weighted by molar-refractivity contribution is -0.117. The smallest absolute Gasteiger partial charge is 0.251 e. The maximum Gasteiger partial charge on any atom is 0.251 e. The van der Waals surface area contributed by atoms with E-state index in [0.717, 1.165) is 17.4 Å². The summed E-state index contributed by atoms with van der Waals surface area (Å²) in [7, 11) is 0. The van der Waals surface area contributed by atoms with Crippen LogP contribution < -0.4 is 15.5 Å². The molecule has 7 heteroatoms. The van der Waals surface area contributed by atoms with E-state index in [-0.39, 0.29) is 29.8 Å². The van der Waals surface area contributed by atoms with E-state index in [9.17, 15) is 14.0 Å². The third-order valence-electron chi connectivity index (χ3n) is 5.29. The molecule has 0 unspecified atom stereocenters. The molecule has 0 aliphatic carbocycles. The molecule has 2 aromatic rings. The van der Waals surface area contributed by atoms with Crippen LogP contribution in [-0.2, 0) is 4.79 Å². The Hall–Kier alpha value is -2.96. The van der Waals surface area contributed by atoms with Gasteiger partial charge in [0.25, 0.3) is 5.91 Å². The van der Waals surface area contributed by atoms with Gasteiger partial charge < -0.3 is 15.5 Å². The molecule has 0 saturated carbocycles. The molecule has 6 nitrogen and oxygen atoms in total. The summed E-state index contributed by atoms with van der Waals surface area (Å²) in [5.74, 6) is -0.0459. The van der Waals surface area contributed by atoms with E-state index < -0.39 is 5.82 Å². The van der Waals surface area contributed by atoms with Gasteiger partial charge in [-0.05, 0) is 49.7 Å². The maximum absolute atomic E-state index is 13.2. The minimum Gasteiger partial charge on any atom is -0.363 e. The van der Waals surface area contributed by atoms with Gasteiger partial charge in [-0.3, -0.25) is 9.59 Å². The summed E-state index contributed by atoms with van der Waals surface area (Å²) in [5, 5.41) is 6.15. The third kappa shape index (κ3) is 3.69. The molecule has 1 aromatic carbocycles. The molecular formula is C21H25FN4O2. The molecule has 2 amide bonds. The number of halogens is 1. The topological polar surface area (TPSA) is 74.3 Å². The molecule has 28 heavy (non-hydrogen) atoms. The van der Waals surface area contributed by atoms with Gasteiger partial charge in [-0.1, -0.05) is 6.92 Å². The van der Waals surface area contributed by atoms with Gasteiger partial charge in [0, 0.05) is 36.7 Å². The predicted molar refractivity (Wildman–Crippen MR) is 107 cm³/mol. The van der Waals surface area contributed by atoms with Gasteiger partial charge in [0.05, 0.1) is 12.2 Å². The molecule has 0 saturated heterocycles. The zero-order valence-corrected chi connectivity index (χ0v) is 16.5. The Labute approximate surface area is 164 Å². The summed E-state index contributed by atoms with van der Waals surface area (Å²) in [5.41, 5.74) is 2.14. The zero-order chi connectivity index (χ0) is 20.4. The van der Waals surface area contributed by atoms with Gasteiger partial charge in [0.15, 0.2) is 0 Å². The van der Waals surface area contributed by atoms with Crippen LogP contribution in [0.3, 0.4) is 0 Å². The van der Waals surface area contributed by atoms with Crippen molar-refractivity contribution in [2.75, 3.05) is 16.8 Å². The van der Waals surface area contributed by atoms with Gasteiger partial charge in [-0.2, -0.15) is 0 Å². The van der Waals surface area contributed by atoms with Crippen molar-refractivity contribution in [1.29, 1.82) is 0 Å². The minimum absolute atomic E-state index is 0.0349. The van der Waals surface area contributed by atoms with Gasteiger partial charge in [0.1, 0.15) is 11.6 Å². The van der Waals surface area contributed by atoms with Crippen molar-refractivity contribution in [1.82, 2.24) is 10.3 Å². The monoisotopic (exact) mass is 384 g/mol. The lowest BCUT2D eigenvalue weighted by Crippen LogP contribution is -2.48. The number of pyridine rings is 1. The predicted octanol–water partition coefficient (Wildman–Crippen LogP) is 3.51. The molecule has 1 aliphatic heterocycles. The lowest BCUT2D eigenvalue weighted by atomic mass is 9.82. The van der Waals surface area contributed by atoms with E-state index in [1.165, 1.54) is 6.07 Å². The number of anilines is 2.